The molecule has 2 saturated heterocycles. The average molecular weight is 266 g/mol. The van der Waals surface area contributed by atoms with Gasteiger partial charge in [-0.05, 0) is 50.6 Å². The predicted molar refractivity (Wildman–Crippen MR) is 78.4 cm³/mol. The normalized spacial score (nSPS) is 31.4. The Labute approximate surface area is 118 Å². The highest BCUT2D eigenvalue weighted by Gasteiger charge is 2.38. The summed E-state index contributed by atoms with van der Waals surface area (Å²) in [5.41, 5.74) is 0.945. The molecule has 0 unspecified atom stereocenters. The van der Waals surface area contributed by atoms with Gasteiger partial charge in [0.25, 0.3) is 0 Å². The Bertz CT molecular complexity index is 293. The molecule has 1 N–H and O–H groups in total. The number of ether oxygens (including phenoxy) is 1. The number of nitrogens with zero attached hydrogens (tertiary/aromatic N) is 1. The largest absolute Gasteiger partial charge is 0.381 e. The first-order chi connectivity index (χ1) is 9.20. The van der Waals surface area contributed by atoms with Gasteiger partial charge in [0.15, 0.2) is 0 Å². The first-order valence-corrected chi connectivity index (χ1v) is 8.25. The third-order valence-electron chi connectivity index (χ3n) is 5.54. The van der Waals surface area contributed by atoms with Crippen LogP contribution in [0.1, 0.15) is 51.9 Å². The summed E-state index contributed by atoms with van der Waals surface area (Å²) in [6, 6.07) is 0. The second-order valence-corrected chi connectivity index (χ2v) is 7.40. The van der Waals surface area contributed by atoms with Gasteiger partial charge in [0.2, 0.25) is 0 Å². The SMILES string of the molecule is CC1(CN2CCCNC3(CCCC3)C2)CCOCC1. The molecule has 2 heterocycles. The van der Waals surface area contributed by atoms with Crippen molar-refractivity contribution in [3.63, 3.8) is 0 Å². The fourth-order valence-corrected chi connectivity index (χ4v) is 4.30. The van der Waals surface area contributed by atoms with Crippen LogP contribution in [-0.4, -0.2) is 49.8 Å². The van der Waals surface area contributed by atoms with Crippen molar-refractivity contribution in [2.24, 2.45) is 5.41 Å². The van der Waals surface area contributed by atoms with E-state index < -0.39 is 0 Å². The molecule has 0 radical (unpaired) electrons. The molecule has 0 aromatic carbocycles. The molecule has 3 rings (SSSR count). The van der Waals surface area contributed by atoms with Crippen LogP contribution in [0.3, 0.4) is 0 Å². The van der Waals surface area contributed by atoms with E-state index in [1.54, 1.807) is 0 Å². The van der Waals surface area contributed by atoms with Gasteiger partial charge in [-0.15, -0.1) is 0 Å². The summed E-state index contributed by atoms with van der Waals surface area (Å²) in [5, 5.41) is 3.87. The highest BCUT2D eigenvalue weighted by atomic mass is 16.5. The molecule has 1 saturated carbocycles. The molecule has 0 amide bonds. The predicted octanol–water partition coefficient (Wildman–Crippen LogP) is 2.41. The fraction of sp³-hybridized carbons (Fsp3) is 1.00. The summed E-state index contributed by atoms with van der Waals surface area (Å²) in [4.78, 5) is 2.76. The Morgan fingerprint density at radius 2 is 1.79 bits per heavy atom. The van der Waals surface area contributed by atoms with Crippen LogP contribution in [0.2, 0.25) is 0 Å². The Morgan fingerprint density at radius 3 is 2.53 bits per heavy atom. The fourth-order valence-electron chi connectivity index (χ4n) is 4.30. The summed E-state index contributed by atoms with van der Waals surface area (Å²) < 4.78 is 5.54. The molecule has 0 bridgehead atoms. The minimum Gasteiger partial charge on any atom is -0.381 e. The molecular weight excluding hydrogens is 236 g/mol. The van der Waals surface area contributed by atoms with Gasteiger partial charge < -0.3 is 15.0 Å². The van der Waals surface area contributed by atoms with E-state index in [1.807, 2.05) is 0 Å². The number of rotatable bonds is 2. The van der Waals surface area contributed by atoms with Crippen LogP contribution in [0.4, 0.5) is 0 Å². The van der Waals surface area contributed by atoms with Gasteiger partial charge in [0.05, 0.1) is 0 Å². The van der Waals surface area contributed by atoms with E-state index in [9.17, 15) is 0 Å². The van der Waals surface area contributed by atoms with Gasteiger partial charge in [0.1, 0.15) is 0 Å². The number of hydrogen-bond donors (Lipinski definition) is 1. The van der Waals surface area contributed by atoms with Crippen molar-refractivity contribution in [3.8, 4) is 0 Å². The molecule has 0 aromatic heterocycles. The maximum atomic E-state index is 5.54. The lowest BCUT2D eigenvalue weighted by molar-refractivity contribution is 0.00253. The standard InChI is InChI=1S/C16H30N2O/c1-15(7-11-19-12-8-15)13-18-10-4-9-17-16(14-18)5-2-3-6-16/h17H,2-14H2,1H3. The van der Waals surface area contributed by atoms with Crippen LogP contribution >= 0.6 is 0 Å². The minimum absolute atomic E-state index is 0.456. The third kappa shape index (κ3) is 3.32. The molecule has 0 aromatic rings. The van der Waals surface area contributed by atoms with Crippen molar-refractivity contribution in [2.45, 2.75) is 57.4 Å². The molecule has 1 aliphatic carbocycles. The second-order valence-electron chi connectivity index (χ2n) is 7.40. The molecule has 3 fully saturated rings. The highest BCUT2D eigenvalue weighted by Crippen LogP contribution is 2.35. The zero-order valence-electron chi connectivity index (χ0n) is 12.5. The molecule has 3 aliphatic rings. The molecule has 3 nitrogen and oxygen atoms in total. The highest BCUT2D eigenvalue weighted by molar-refractivity contribution is 4.97. The zero-order chi connectivity index (χ0) is 13.2. The van der Waals surface area contributed by atoms with Crippen molar-refractivity contribution < 1.29 is 4.74 Å². The van der Waals surface area contributed by atoms with Crippen LogP contribution in [-0.2, 0) is 4.74 Å². The van der Waals surface area contributed by atoms with Gasteiger partial charge in [0, 0.05) is 31.8 Å². The average Bonchev–Trinajstić information content (AvgIpc) is 2.74. The Kier molecular flexibility index (Phi) is 4.16. The molecule has 19 heavy (non-hydrogen) atoms. The van der Waals surface area contributed by atoms with E-state index in [0.717, 1.165) is 13.2 Å². The van der Waals surface area contributed by atoms with Crippen LogP contribution in [0.15, 0.2) is 0 Å². The van der Waals surface area contributed by atoms with Gasteiger partial charge in [-0.25, -0.2) is 0 Å². The van der Waals surface area contributed by atoms with E-state index >= 15 is 0 Å². The first-order valence-electron chi connectivity index (χ1n) is 8.25. The van der Waals surface area contributed by atoms with Crippen molar-refractivity contribution in [1.82, 2.24) is 10.2 Å². The molecule has 3 heteroatoms. The van der Waals surface area contributed by atoms with Gasteiger partial charge in [-0.2, -0.15) is 0 Å². The first kappa shape index (κ1) is 13.8. The summed E-state index contributed by atoms with van der Waals surface area (Å²) in [5.74, 6) is 0. The Morgan fingerprint density at radius 1 is 1.05 bits per heavy atom. The van der Waals surface area contributed by atoms with Crippen molar-refractivity contribution in [1.29, 1.82) is 0 Å². The maximum absolute atomic E-state index is 5.54. The summed E-state index contributed by atoms with van der Waals surface area (Å²) in [7, 11) is 0. The molecule has 1 spiro atoms. The smallest absolute Gasteiger partial charge is 0.0471 e. The Balaban J connectivity index is 1.62. The topological polar surface area (TPSA) is 24.5 Å². The third-order valence-corrected chi connectivity index (χ3v) is 5.54. The van der Waals surface area contributed by atoms with E-state index in [2.05, 4.69) is 17.1 Å². The van der Waals surface area contributed by atoms with E-state index in [1.165, 1.54) is 71.1 Å². The quantitative estimate of drug-likeness (QED) is 0.830. The molecule has 110 valence electrons. The van der Waals surface area contributed by atoms with Gasteiger partial charge in [-0.1, -0.05) is 19.8 Å². The Hall–Kier alpha value is -0.120. The van der Waals surface area contributed by atoms with Crippen molar-refractivity contribution in [3.05, 3.63) is 0 Å². The van der Waals surface area contributed by atoms with Gasteiger partial charge >= 0.3 is 0 Å². The van der Waals surface area contributed by atoms with Crippen LogP contribution in [0.5, 0.6) is 0 Å². The van der Waals surface area contributed by atoms with Crippen LogP contribution in [0.25, 0.3) is 0 Å². The lowest BCUT2D eigenvalue weighted by Gasteiger charge is -2.40. The zero-order valence-corrected chi connectivity index (χ0v) is 12.5. The number of nitrogens with one attached hydrogen (secondary N) is 1. The van der Waals surface area contributed by atoms with Crippen molar-refractivity contribution in [2.75, 3.05) is 39.4 Å². The lowest BCUT2D eigenvalue weighted by Crippen LogP contribution is -2.51. The van der Waals surface area contributed by atoms with Crippen LogP contribution in [0, 0.1) is 5.41 Å². The number of hydrogen-bond acceptors (Lipinski definition) is 3. The molecular formula is C16H30N2O. The van der Waals surface area contributed by atoms with Crippen molar-refractivity contribution >= 4 is 0 Å². The van der Waals surface area contributed by atoms with E-state index in [-0.39, 0.29) is 0 Å². The minimum atomic E-state index is 0.456. The summed E-state index contributed by atoms with van der Waals surface area (Å²) in [6.45, 7) is 9.46. The molecule has 0 atom stereocenters. The maximum Gasteiger partial charge on any atom is 0.0471 e. The lowest BCUT2D eigenvalue weighted by atomic mass is 9.81. The second kappa shape index (κ2) is 5.71. The monoisotopic (exact) mass is 266 g/mol. The van der Waals surface area contributed by atoms with E-state index in [4.69, 9.17) is 4.74 Å². The molecule has 2 aliphatic heterocycles. The summed E-state index contributed by atoms with van der Waals surface area (Å²) in [6.07, 6.45) is 9.42. The van der Waals surface area contributed by atoms with Gasteiger partial charge in [-0.3, -0.25) is 0 Å². The van der Waals surface area contributed by atoms with Crippen LogP contribution < -0.4 is 5.32 Å². The summed E-state index contributed by atoms with van der Waals surface area (Å²) >= 11 is 0. The van der Waals surface area contributed by atoms with E-state index in [0.29, 0.717) is 11.0 Å².